The van der Waals surface area contributed by atoms with Gasteiger partial charge < -0.3 is 22.7 Å². The number of sulfonamides is 1. The molecule has 18 heavy (non-hydrogen) atoms. The standard InChI is InChI=1S/C10H11N3O3S.ClH/c1-7-6-10(12-16-7)13-17(14,15)9-4-2-8(11)3-5-9;/h2-6H,11H2,1H3,(H,12,13);1H. The molecule has 0 unspecified atom stereocenters. The molecule has 2 rings (SSSR count). The maximum atomic E-state index is 11.9. The van der Waals surface area contributed by atoms with Crippen LogP contribution < -0.4 is 22.9 Å². The molecular weight excluding hydrogens is 278 g/mol. The number of aromatic nitrogens is 1. The second kappa shape index (κ2) is 5.38. The zero-order valence-electron chi connectivity index (χ0n) is 9.55. The molecule has 1 aromatic heterocycles. The average Bonchev–Trinajstić information content (AvgIpc) is 2.63. The van der Waals surface area contributed by atoms with E-state index in [1.165, 1.54) is 18.2 Å². The highest BCUT2D eigenvalue weighted by molar-refractivity contribution is 7.92. The van der Waals surface area contributed by atoms with Gasteiger partial charge in [0, 0.05) is 18.2 Å². The molecule has 0 aliphatic rings. The van der Waals surface area contributed by atoms with Crippen LogP contribution in [0.3, 0.4) is 0 Å². The van der Waals surface area contributed by atoms with Crippen LogP contribution in [0.4, 0.5) is 11.5 Å². The minimum Gasteiger partial charge on any atom is -1.00 e. The first kappa shape index (κ1) is 14.5. The van der Waals surface area contributed by atoms with Gasteiger partial charge >= 0.3 is 0 Å². The molecule has 0 amide bonds. The molecule has 0 fully saturated rings. The van der Waals surface area contributed by atoms with Gasteiger partial charge in [-0.25, -0.2) is 8.42 Å². The highest BCUT2D eigenvalue weighted by Crippen LogP contribution is 2.16. The molecule has 2 aromatic rings. The molecule has 1 heterocycles. The van der Waals surface area contributed by atoms with Gasteiger partial charge in [-0.15, -0.1) is 0 Å². The second-order valence-electron chi connectivity index (χ2n) is 3.57. The molecular formula is C10H12ClN3O3S. The minimum atomic E-state index is -3.62. The van der Waals surface area contributed by atoms with E-state index < -0.39 is 10.0 Å². The van der Waals surface area contributed by atoms with Crippen molar-refractivity contribution in [3.05, 3.63) is 36.1 Å². The van der Waals surface area contributed by atoms with Crippen molar-refractivity contribution in [1.29, 1.82) is 0 Å². The molecule has 98 valence electrons. The maximum Gasteiger partial charge on any atom is 0.263 e. The van der Waals surface area contributed by atoms with Gasteiger partial charge in [0.05, 0.1) is 4.90 Å². The zero-order valence-corrected chi connectivity index (χ0v) is 11.1. The lowest BCUT2D eigenvalue weighted by Gasteiger charge is -2.03. The number of anilines is 1. The molecule has 0 spiro atoms. The van der Waals surface area contributed by atoms with E-state index in [4.69, 9.17) is 4.52 Å². The fourth-order valence-corrected chi connectivity index (χ4v) is 2.26. The van der Waals surface area contributed by atoms with Gasteiger partial charge in [-0.2, -0.15) is 0 Å². The summed E-state index contributed by atoms with van der Waals surface area (Å²) >= 11 is 0. The Kier molecular flexibility index (Phi) is 4.33. The van der Waals surface area contributed by atoms with E-state index in [0.717, 1.165) is 5.69 Å². The number of hydrogen-bond donors (Lipinski definition) is 2. The van der Waals surface area contributed by atoms with E-state index in [0.29, 0.717) is 5.76 Å². The minimum absolute atomic E-state index is 0. The van der Waals surface area contributed by atoms with E-state index >= 15 is 0 Å². The first-order valence-corrected chi connectivity index (χ1v) is 6.34. The summed E-state index contributed by atoms with van der Waals surface area (Å²) in [5.41, 5.74) is 4.44. The molecule has 0 bridgehead atoms. The van der Waals surface area contributed by atoms with Gasteiger partial charge in [-0.1, -0.05) is 5.16 Å². The average molecular weight is 290 g/mol. The quantitative estimate of drug-likeness (QED) is 0.661. The number of halogens is 1. The fraction of sp³-hybridized carbons (Fsp3) is 0.100. The lowest BCUT2D eigenvalue weighted by atomic mass is 10.3. The van der Waals surface area contributed by atoms with Crippen LogP contribution in [0.15, 0.2) is 39.8 Å². The van der Waals surface area contributed by atoms with Gasteiger partial charge in [0.2, 0.25) is 0 Å². The number of nitrogens with zero attached hydrogens (tertiary/aromatic N) is 1. The number of rotatable bonds is 3. The summed E-state index contributed by atoms with van der Waals surface area (Å²) in [5, 5.41) is 3.57. The summed E-state index contributed by atoms with van der Waals surface area (Å²) < 4.78 is 30.9. The number of nitrogens with one attached hydrogen (secondary N) is 1. The van der Waals surface area contributed by atoms with Gasteiger partial charge in [0.25, 0.3) is 10.0 Å². The third-order valence-corrected chi connectivity index (χ3v) is 3.47. The Bertz CT molecular complexity index is 622. The Morgan fingerprint density at radius 3 is 2.39 bits per heavy atom. The van der Waals surface area contributed by atoms with Crippen molar-refractivity contribution in [2.45, 2.75) is 11.8 Å². The van der Waals surface area contributed by atoms with Crippen molar-refractivity contribution < 1.29 is 31.1 Å². The van der Waals surface area contributed by atoms with Crippen LogP contribution in [0.1, 0.15) is 5.76 Å². The number of quaternary nitrogens is 1. The largest absolute Gasteiger partial charge is 1.00 e. The predicted molar refractivity (Wildman–Crippen MR) is 61.0 cm³/mol. The first-order chi connectivity index (χ1) is 7.97. The van der Waals surface area contributed by atoms with Crippen molar-refractivity contribution >= 4 is 21.5 Å². The van der Waals surface area contributed by atoms with E-state index in [-0.39, 0.29) is 23.1 Å². The van der Waals surface area contributed by atoms with Gasteiger partial charge in [-0.3, -0.25) is 4.72 Å². The summed E-state index contributed by atoms with van der Waals surface area (Å²) in [6.45, 7) is 1.68. The van der Waals surface area contributed by atoms with Crippen LogP contribution in [0.2, 0.25) is 0 Å². The van der Waals surface area contributed by atoms with Crippen molar-refractivity contribution in [3.8, 4) is 0 Å². The lowest BCUT2D eigenvalue weighted by molar-refractivity contribution is -0.254. The zero-order chi connectivity index (χ0) is 12.5. The second-order valence-corrected chi connectivity index (χ2v) is 5.25. The molecule has 0 saturated carbocycles. The number of hydrogen-bond acceptors (Lipinski definition) is 4. The highest BCUT2D eigenvalue weighted by Gasteiger charge is 2.15. The monoisotopic (exact) mass is 289 g/mol. The number of benzene rings is 1. The van der Waals surface area contributed by atoms with Gasteiger partial charge in [0.1, 0.15) is 11.4 Å². The lowest BCUT2D eigenvalue weighted by Crippen LogP contribution is -3.00. The Morgan fingerprint density at radius 2 is 1.89 bits per heavy atom. The highest BCUT2D eigenvalue weighted by atomic mass is 35.5. The third-order valence-electron chi connectivity index (χ3n) is 2.10. The summed E-state index contributed by atoms with van der Waals surface area (Å²) in [5.74, 6) is 0.706. The van der Waals surface area contributed by atoms with E-state index in [9.17, 15) is 8.42 Å². The van der Waals surface area contributed by atoms with Crippen molar-refractivity contribution in [2.24, 2.45) is 0 Å². The van der Waals surface area contributed by atoms with Gasteiger partial charge in [-0.05, 0) is 19.1 Å². The summed E-state index contributed by atoms with van der Waals surface area (Å²) in [4.78, 5) is 0.158. The molecule has 6 nitrogen and oxygen atoms in total. The fourth-order valence-electron chi connectivity index (χ4n) is 1.28. The van der Waals surface area contributed by atoms with Crippen molar-refractivity contribution in [3.63, 3.8) is 0 Å². The van der Waals surface area contributed by atoms with E-state index in [1.807, 2.05) is 0 Å². The molecule has 1 aromatic carbocycles. The van der Waals surface area contributed by atoms with Crippen molar-refractivity contribution in [2.75, 3.05) is 4.72 Å². The van der Waals surface area contributed by atoms with E-state index in [2.05, 4.69) is 15.6 Å². The van der Waals surface area contributed by atoms with Crippen LogP contribution in [-0.2, 0) is 10.0 Å². The maximum absolute atomic E-state index is 11.9. The predicted octanol–water partition coefficient (Wildman–Crippen LogP) is -2.34. The number of aryl methyl sites for hydroxylation is 1. The Balaban J connectivity index is 0.00000162. The SMILES string of the molecule is Cc1cc(NS(=O)(=O)c2ccc([NH3+])cc2)no1.[Cl-]. The molecule has 4 N–H and O–H groups in total. The van der Waals surface area contributed by atoms with Crippen LogP contribution in [0.25, 0.3) is 0 Å². The first-order valence-electron chi connectivity index (χ1n) is 4.85. The van der Waals surface area contributed by atoms with Crippen molar-refractivity contribution in [1.82, 2.24) is 5.16 Å². The Hall–Kier alpha value is -1.57. The van der Waals surface area contributed by atoms with Crippen LogP contribution in [0.5, 0.6) is 0 Å². The molecule has 0 aliphatic carbocycles. The Labute approximate surface area is 111 Å². The van der Waals surface area contributed by atoms with Crippen LogP contribution >= 0.6 is 0 Å². The summed E-state index contributed by atoms with van der Waals surface area (Å²) in [6, 6.07) is 7.73. The molecule has 0 radical (unpaired) electrons. The van der Waals surface area contributed by atoms with Crippen LogP contribution in [0, 0.1) is 6.92 Å². The normalized spacial score (nSPS) is 10.8. The van der Waals surface area contributed by atoms with Gasteiger partial charge in [0.15, 0.2) is 5.82 Å². The molecule has 8 heteroatoms. The summed E-state index contributed by atoms with van der Waals surface area (Å²) in [6.07, 6.45) is 0. The molecule has 0 atom stereocenters. The Morgan fingerprint density at radius 1 is 1.28 bits per heavy atom. The molecule has 0 aliphatic heterocycles. The van der Waals surface area contributed by atoms with E-state index in [1.54, 1.807) is 19.1 Å². The topological polar surface area (TPSA) is 99.8 Å². The summed E-state index contributed by atoms with van der Waals surface area (Å²) in [7, 11) is -3.62. The smallest absolute Gasteiger partial charge is 0.263 e. The molecule has 0 saturated heterocycles. The van der Waals surface area contributed by atoms with Crippen LogP contribution in [-0.4, -0.2) is 13.6 Å². The third kappa shape index (κ3) is 3.22.